The molecule has 0 unspecified atom stereocenters. The van der Waals surface area contributed by atoms with Crippen molar-refractivity contribution >= 4 is 51.3 Å². The number of aromatic amines is 1. The average Bonchev–Trinajstić information content (AvgIpc) is 2.54. The van der Waals surface area contributed by atoms with Crippen LogP contribution in [0.4, 0.5) is 0 Å². The van der Waals surface area contributed by atoms with E-state index in [1.165, 1.54) is 6.20 Å². The van der Waals surface area contributed by atoms with Gasteiger partial charge in [0.2, 0.25) is 0 Å². The molecule has 9 heteroatoms. The number of hydrogen-bond donors (Lipinski definition) is 3. The van der Waals surface area contributed by atoms with E-state index < -0.39 is 7.60 Å². The van der Waals surface area contributed by atoms with Gasteiger partial charge < -0.3 is 17.6 Å². The molecular weight excluding hydrogens is 350 g/mol. The van der Waals surface area contributed by atoms with Crippen molar-refractivity contribution in [1.29, 1.82) is 0 Å². The SMILES string of the molecule is O=P(O)(O)c1c[nH]c2ccc(Br)c(Cl)c12.[H-].[H-].[Na+].[Na+]. The summed E-state index contributed by atoms with van der Waals surface area (Å²) in [7, 11) is -4.30. The minimum absolute atomic E-state index is 0. The van der Waals surface area contributed by atoms with Gasteiger partial charge in [-0.1, -0.05) is 11.6 Å². The second-order valence-corrected chi connectivity index (χ2v) is 5.80. The van der Waals surface area contributed by atoms with Crippen LogP contribution in [0.25, 0.3) is 10.9 Å². The summed E-state index contributed by atoms with van der Waals surface area (Å²) in [6, 6.07) is 3.41. The van der Waals surface area contributed by atoms with Gasteiger partial charge in [-0.05, 0) is 28.1 Å². The molecule has 3 N–H and O–H groups in total. The van der Waals surface area contributed by atoms with Crippen molar-refractivity contribution in [3.05, 3.63) is 27.8 Å². The predicted molar refractivity (Wildman–Crippen MR) is 64.9 cm³/mol. The van der Waals surface area contributed by atoms with Crippen molar-refractivity contribution in [2.45, 2.75) is 0 Å². The zero-order chi connectivity index (χ0) is 11.2. The largest absolute Gasteiger partial charge is 1.00 e. The first-order chi connectivity index (χ1) is 6.91. The van der Waals surface area contributed by atoms with Crippen molar-refractivity contribution in [1.82, 2.24) is 4.98 Å². The molecule has 0 radical (unpaired) electrons. The molecule has 0 saturated heterocycles. The van der Waals surface area contributed by atoms with Crippen molar-refractivity contribution in [3.63, 3.8) is 0 Å². The number of aromatic nitrogens is 1. The van der Waals surface area contributed by atoms with Gasteiger partial charge >= 0.3 is 66.7 Å². The zero-order valence-corrected chi connectivity index (χ0v) is 16.5. The summed E-state index contributed by atoms with van der Waals surface area (Å²) in [6.45, 7) is 0. The standard InChI is InChI=1S/C8H6BrClNO3P.2Na.2H/c9-4-1-2-5-7(8(4)10)6(3-11-5)15(12,13)14;;;;/h1-3,11H,(H2,12,13,14);;;;/q;2*+1;2*-1. The Morgan fingerprint density at radius 1 is 1.35 bits per heavy atom. The first-order valence-corrected chi connectivity index (χ1v) is 6.71. The molecule has 0 aliphatic carbocycles. The molecule has 0 aliphatic rings. The molecule has 84 valence electrons. The van der Waals surface area contributed by atoms with Crippen molar-refractivity contribution in [2.75, 3.05) is 0 Å². The van der Waals surface area contributed by atoms with Crippen LogP contribution >= 0.6 is 35.1 Å². The molecule has 0 spiro atoms. The summed E-state index contributed by atoms with van der Waals surface area (Å²) in [5.41, 5.74) is 0.599. The fourth-order valence-electron chi connectivity index (χ4n) is 1.37. The summed E-state index contributed by atoms with van der Waals surface area (Å²) in [6.07, 6.45) is 1.28. The van der Waals surface area contributed by atoms with E-state index in [-0.39, 0.29) is 67.3 Å². The molecule has 0 saturated carbocycles. The molecule has 2 rings (SSSR count). The van der Waals surface area contributed by atoms with Crippen LogP contribution in [0.2, 0.25) is 5.02 Å². The van der Waals surface area contributed by atoms with Crippen LogP contribution in [0.5, 0.6) is 0 Å². The van der Waals surface area contributed by atoms with Crippen LogP contribution < -0.4 is 64.4 Å². The monoisotopic (exact) mass is 357 g/mol. The van der Waals surface area contributed by atoms with Gasteiger partial charge in [0.1, 0.15) is 0 Å². The Morgan fingerprint density at radius 3 is 2.47 bits per heavy atom. The summed E-state index contributed by atoms with van der Waals surface area (Å²) in [4.78, 5) is 21.0. The average molecular weight is 358 g/mol. The van der Waals surface area contributed by atoms with Crippen LogP contribution in [0.1, 0.15) is 2.85 Å². The van der Waals surface area contributed by atoms with E-state index in [0.717, 1.165) is 0 Å². The van der Waals surface area contributed by atoms with Crippen LogP contribution in [0.3, 0.4) is 0 Å². The van der Waals surface area contributed by atoms with Gasteiger partial charge in [0.05, 0.1) is 10.3 Å². The van der Waals surface area contributed by atoms with Gasteiger partial charge in [0.25, 0.3) is 0 Å². The molecule has 0 atom stereocenters. The fraction of sp³-hybridized carbons (Fsp3) is 0. The Labute approximate surface area is 158 Å². The second kappa shape index (κ2) is 6.91. The normalized spacial score (nSPS) is 10.8. The molecule has 0 fully saturated rings. The van der Waals surface area contributed by atoms with Gasteiger partial charge in [-0.2, -0.15) is 0 Å². The Kier molecular flexibility index (Phi) is 7.59. The van der Waals surface area contributed by atoms with Gasteiger partial charge in [0, 0.05) is 21.6 Å². The Balaban J connectivity index is -0.000000640. The molecular formula is C8H8BrClNNa2O3P. The Morgan fingerprint density at radius 2 is 1.94 bits per heavy atom. The maximum Gasteiger partial charge on any atom is 1.00 e. The molecule has 4 nitrogen and oxygen atoms in total. The van der Waals surface area contributed by atoms with Crippen molar-refractivity contribution in [3.8, 4) is 0 Å². The number of H-pyrrole nitrogens is 1. The molecule has 17 heavy (non-hydrogen) atoms. The van der Waals surface area contributed by atoms with E-state index in [0.29, 0.717) is 20.4 Å². The number of benzene rings is 1. The zero-order valence-electron chi connectivity index (χ0n) is 11.2. The van der Waals surface area contributed by atoms with Crippen LogP contribution in [0, 0.1) is 0 Å². The second-order valence-electron chi connectivity index (χ2n) is 3.00. The summed E-state index contributed by atoms with van der Waals surface area (Å²) >= 11 is 9.17. The molecule has 0 bridgehead atoms. The molecule has 2 aromatic rings. The third kappa shape index (κ3) is 3.83. The third-order valence-corrected chi connectivity index (χ3v) is 4.29. The summed E-state index contributed by atoms with van der Waals surface area (Å²) in [5.74, 6) is 0. The van der Waals surface area contributed by atoms with Gasteiger partial charge in [-0.15, -0.1) is 0 Å². The Hall–Kier alpha value is 1.68. The summed E-state index contributed by atoms with van der Waals surface area (Å²) in [5, 5.41) is 0.579. The molecule has 0 amide bonds. The van der Waals surface area contributed by atoms with Crippen LogP contribution in [-0.2, 0) is 4.57 Å². The van der Waals surface area contributed by atoms with E-state index in [2.05, 4.69) is 20.9 Å². The van der Waals surface area contributed by atoms with Gasteiger partial charge in [0.15, 0.2) is 0 Å². The van der Waals surface area contributed by atoms with Crippen LogP contribution in [-0.4, -0.2) is 14.8 Å². The number of nitrogens with one attached hydrogen (secondary N) is 1. The van der Waals surface area contributed by atoms with Crippen molar-refractivity contribution < 1.29 is 76.3 Å². The minimum Gasteiger partial charge on any atom is -1.00 e. The maximum atomic E-state index is 11.2. The minimum atomic E-state index is -4.30. The maximum absolute atomic E-state index is 11.2. The molecule has 0 aliphatic heterocycles. The Bertz CT molecular complexity index is 595. The number of rotatable bonds is 1. The fourth-order valence-corrected chi connectivity index (χ4v) is 2.79. The van der Waals surface area contributed by atoms with E-state index in [1.54, 1.807) is 12.1 Å². The third-order valence-electron chi connectivity index (χ3n) is 2.03. The topological polar surface area (TPSA) is 73.3 Å². The van der Waals surface area contributed by atoms with E-state index >= 15 is 0 Å². The molecule has 1 heterocycles. The predicted octanol–water partition coefficient (Wildman–Crippen LogP) is -3.38. The first kappa shape index (κ1) is 18.7. The smallest absolute Gasteiger partial charge is 1.00 e. The van der Waals surface area contributed by atoms with E-state index in [1.807, 2.05) is 0 Å². The quantitative estimate of drug-likeness (QED) is 0.368. The number of hydrogen-bond acceptors (Lipinski definition) is 1. The first-order valence-electron chi connectivity index (χ1n) is 3.92. The number of halogens is 2. The van der Waals surface area contributed by atoms with Gasteiger partial charge in [-0.3, -0.25) is 4.57 Å². The van der Waals surface area contributed by atoms with Gasteiger partial charge in [-0.25, -0.2) is 0 Å². The van der Waals surface area contributed by atoms with E-state index in [4.69, 9.17) is 21.4 Å². The molecule has 1 aromatic carbocycles. The van der Waals surface area contributed by atoms with Crippen LogP contribution in [0.15, 0.2) is 22.8 Å². The van der Waals surface area contributed by atoms with Crippen molar-refractivity contribution in [2.24, 2.45) is 0 Å². The van der Waals surface area contributed by atoms with E-state index in [9.17, 15) is 4.57 Å². The molecule has 1 aromatic heterocycles. The number of fused-ring (bicyclic) bond motifs is 1. The summed E-state index contributed by atoms with van der Waals surface area (Å²) < 4.78 is 11.8.